The number of halogens is 1. The fourth-order valence-corrected chi connectivity index (χ4v) is 2.32. The molecule has 0 spiro atoms. The zero-order valence-electron chi connectivity index (χ0n) is 11.9. The Labute approximate surface area is 125 Å². The van der Waals surface area contributed by atoms with Gasteiger partial charge in [-0.3, -0.25) is 0 Å². The van der Waals surface area contributed by atoms with E-state index in [-0.39, 0.29) is 5.88 Å². The van der Waals surface area contributed by atoms with Crippen LogP contribution in [0.2, 0.25) is 0 Å². The number of hydrogen-bond acceptors (Lipinski definition) is 3. The van der Waals surface area contributed by atoms with Crippen molar-refractivity contribution in [3.05, 3.63) is 24.3 Å². The maximum absolute atomic E-state index is 5.84. The van der Waals surface area contributed by atoms with Crippen molar-refractivity contribution < 1.29 is 4.74 Å². The molecule has 2 N–H and O–H groups in total. The van der Waals surface area contributed by atoms with Crippen LogP contribution < -0.4 is 10.5 Å². The lowest BCUT2D eigenvalue weighted by Crippen LogP contribution is -2.32. The molecule has 4 nitrogen and oxygen atoms in total. The summed E-state index contributed by atoms with van der Waals surface area (Å²) in [6.45, 7) is 3.12. The lowest BCUT2D eigenvalue weighted by Gasteiger charge is -2.28. The molecule has 0 saturated carbocycles. The second-order valence-electron chi connectivity index (χ2n) is 5.29. The van der Waals surface area contributed by atoms with Crippen molar-refractivity contribution in [1.29, 1.82) is 0 Å². The highest BCUT2D eigenvalue weighted by molar-refractivity contribution is 6.28. The predicted octanol–water partition coefficient (Wildman–Crippen LogP) is 2.63. The van der Waals surface area contributed by atoms with Crippen LogP contribution in [0.25, 0.3) is 0 Å². The van der Waals surface area contributed by atoms with E-state index in [4.69, 9.17) is 22.1 Å². The minimum Gasteiger partial charge on any atom is -0.493 e. The molecule has 0 radical (unpaired) electrons. The first kappa shape index (κ1) is 15.1. The van der Waals surface area contributed by atoms with E-state index in [9.17, 15) is 0 Å². The summed E-state index contributed by atoms with van der Waals surface area (Å²) in [5.41, 5.74) is 6.39. The standard InChI is InChI=1S/C15H22ClN3O/c1-19-8-6-12(7-9-19)11-20-14-4-2-13(3-5-14)18-15(17)10-16/h2-5,12H,6-11H2,1H3,(H2,17,18). The third-order valence-corrected chi connectivity index (χ3v) is 3.84. The largest absolute Gasteiger partial charge is 0.493 e. The van der Waals surface area contributed by atoms with E-state index in [1.807, 2.05) is 24.3 Å². The van der Waals surface area contributed by atoms with E-state index < -0.39 is 0 Å². The van der Waals surface area contributed by atoms with Crippen LogP contribution >= 0.6 is 11.6 Å². The van der Waals surface area contributed by atoms with Crippen molar-refractivity contribution in [2.45, 2.75) is 12.8 Å². The van der Waals surface area contributed by atoms with E-state index >= 15 is 0 Å². The third kappa shape index (κ3) is 4.69. The number of rotatable bonds is 5. The molecule has 1 fully saturated rings. The van der Waals surface area contributed by atoms with Crippen molar-refractivity contribution in [3.8, 4) is 5.75 Å². The van der Waals surface area contributed by atoms with Crippen LogP contribution in [0.5, 0.6) is 5.75 Å². The molecule has 1 saturated heterocycles. The van der Waals surface area contributed by atoms with Gasteiger partial charge in [-0.2, -0.15) is 0 Å². The molecule has 0 atom stereocenters. The van der Waals surface area contributed by atoms with Crippen LogP contribution in [0.4, 0.5) is 5.69 Å². The average molecular weight is 296 g/mol. The van der Waals surface area contributed by atoms with Gasteiger partial charge in [0.05, 0.1) is 18.2 Å². The molecule has 110 valence electrons. The van der Waals surface area contributed by atoms with Crippen LogP contribution in [0.15, 0.2) is 29.3 Å². The van der Waals surface area contributed by atoms with E-state index in [1.165, 1.54) is 25.9 Å². The number of benzene rings is 1. The lowest BCUT2D eigenvalue weighted by molar-refractivity contribution is 0.160. The molecule has 1 aromatic carbocycles. The van der Waals surface area contributed by atoms with Crippen molar-refractivity contribution in [3.63, 3.8) is 0 Å². The van der Waals surface area contributed by atoms with Crippen LogP contribution in [0.3, 0.4) is 0 Å². The van der Waals surface area contributed by atoms with Gasteiger partial charge in [0.2, 0.25) is 0 Å². The maximum Gasteiger partial charge on any atom is 0.119 e. The van der Waals surface area contributed by atoms with Crippen LogP contribution in [0, 0.1) is 5.92 Å². The fraction of sp³-hybridized carbons (Fsp3) is 0.533. The van der Waals surface area contributed by atoms with E-state index in [2.05, 4.69) is 16.9 Å². The van der Waals surface area contributed by atoms with Gasteiger partial charge in [0.15, 0.2) is 0 Å². The van der Waals surface area contributed by atoms with E-state index in [1.54, 1.807) is 0 Å². The van der Waals surface area contributed by atoms with E-state index in [0.29, 0.717) is 11.8 Å². The minimum atomic E-state index is 0.244. The van der Waals surface area contributed by atoms with Crippen LogP contribution in [-0.4, -0.2) is 43.4 Å². The fourth-order valence-electron chi connectivity index (χ4n) is 2.26. The zero-order valence-corrected chi connectivity index (χ0v) is 12.6. The van der Waals surface area contributed by atoms with Crippen molar-refractivity contribution in [2.24, 2.45) is 16.6 Å². The number of nitrogens with two attached hydrogens (primary N) is 1. The first-order valence-electron chi connectivity index (χ1n) is 6.98. The summed E-state index contributed by atoms with van der Waals surface area (Å²) in [6, 6.07) is 7.64. The molecule has 1 aliphatic heterocycles. The van der Waals surface area contributed by atoms with Crippen molar-refractivity contribution in [1.82, 2.24) is 4.90 Å². The zero-order chi connectivity index (χ0) is 14.4. The first-order chi connectivity index (χ1) is 9.67. The summed E-state index contributed by atoms with van der Waals surface area (Å²) < 4.78 is 5.84. The monoisotopic (exact) mass is 295 g/mol. The molecule has 2 rings (SSSR count). The van der Waals surface area contributed by atoms with Gasteiger partial charge in [-0.1, -0.05) is 0 Å². The molecule has 0 bridgehead atoms. The van der Waals surface area contributed by atoms with E-state index in [0.717, 1.165) is 18.0 Å². The molecule has 5 heteroatoms. The first-order valence-corrected chi connectivity index (χ1v) is 7.51. The molecule has 1 aromatic rings. The Bertz CT molecular complexity index is 439. The highest BCUT2D eigenvalue weighted by Crippen LogP contribution is 2.21. The highest BCUT2D eigenvalue weighted by Gasteiger charge is 2.16. The summed E-state index contributed by atoms with van der Waals surface area (Å²) in [5, 5.41) is 0. The quantitative estimate of drug-likeness (QED) is 0.516. The molecule has 0 amide bonds. The topological polar surface area (TPSA) is 50.8 Å². The smallest absolute Gasteiger partial charge is 0.119 e. The number of ether oxygens (including phenoxy) is 1. The second-order valence-corrected chi connectivity index (χ2v) is 5.56. The normalized spacial score (nSPS) is 18.2. The third-order valence-electron chi connectivity index (χ3n) is 3.57. The van der Waals surface area contributed by atoms with Gasteiger partial charge in [0, 0.05) is 0 Å². The summed E-state index contributed by atoms with van der Waals surface area (Å²) >= 11 is 5.60. The molecule has 0 aliphatic carbocycles. The SMILES string of the molecule is CN1CCC(COc2ccc(N=C(N)CCl)cc2)CC1. The molecule has 1 aliphatic rings. The minimum absolute atomic E-state index is 0.244. The Morgan fingerprint density at radius 3 is 2.60 bits per heavy atom. The Morgan fingerprint density at radius 2 is 2.00 bits per heavy atom. The number of amidine groups is 1. The molecule has 1 heterocycles. The molecular formula is C15H22ClN3O. The summed E-state index contributed by atoms with van der Waals surface area (Å²) in [6.07, 6.45) is 2.43. The van der Waals surface area contributed by atoms with Crippen molar-refractivity contribution >= 4 is 23.1 Å². The predicted molar refractivity (Wildman–Crippen MR) is 84.2 cm³/mol. The lowest BCUT2D eigenvalue weighted by atomic mass is 9.98. The number of piperidine rings is 1. The molecule has 20 heavy (non-hydrogen) atoms. The van der Waals surface area contributed by atoms with Crippen LogP contribution in [-0.2, 0) is 0 Å². The van der Waals surface area contributed by atoms with Gasteiger partial charge >= 0.3 is 0 Å². The summed E-state index contributed by atoms with van der Waals surface area (Å²) in [5.74, 6) is 2.21. The Kier molecular flexibility index (Phi) is 5.68. The number of aliphatic imine (C=N–C) groups is 1. The Hall–Kier alpha value is -1.26. The van der Waals surface area contributed by atoms with Gasteiger partial charge in [-0.05, 0) is 63.2 Å². The Morgan fingerprint density at radius 1 is 1.35 bits per heavy atom. The molecule has 0 aromatic heterocycles. The molecular weight excluding hydrogens is 274 g/mol. The van der Waals surface area contributed by atoms with Crippen LogP contribution in [0.1, 0.15) is 12.8 Å². The number of likely N-dealkylation sites (tertiary alicyclic amines) is 1. The van der Waals surface area contributed by atoms with Crippen molar-refractivity contribution in [2.75, 3.05) is 32.6 Å². The van der Waals surface area contributed by atoms with Gasteiger partial charge in [-0.25, -0.2) is 4.99 Å². The maximum atomic E-state index is 5.84. The second kappa shape index (κ2) is 7.50. The average Bonchev–Trinajstić information content (AvgIpc) is 2.48. The number of alkyl halides is 1. The highest BCUT2D eigenvalue weighted by atomic mass is 35.5. The number of nitrogens with zero attached hydrogens (tertiary/aromatic N) is 2. The van der Waals surface area contributed by atoms with Gasteiger partial charge < -0.3 is 15.4 Å². The number of hydrogen-bond donors (Lipinski definition) is 1. The van der Waals surface area contributed by atoms with Gasteiger partial charge in [-0.15, -0.1) is 11.6 Å². The van der Waals surface area contributed by atoms with Gasteiger partial charge in [0.1, 0.15) is 11.6 Å². The molecule has 0 unspecified atom stereocenters. The van der Waals surface area contributed by atoms with Gasteiger partial charge in [0.25, 0.3) is 0 Å². The Balaban J connectivity index is 1.82. The summed E-state index contributed by atoms with van der Waals surface area (Å²) in [4.78, 5) is 6.54. The summed E-state index contributed by atoms with van der Waals surface area (Å²) in [7, 11) is 2.17.